The lowest BCUT2D eigenvalue weighted by atomic mass is 9.83. The summed E-state index contributed by atoms with van der Waals surface area (Å²) in [4.78, 5) is 4.99. The van der Waals surface area contributed by atoms with Crippen LogP contribution in [0.25, 0.3) is 82.4 Å². The lowest BCUT2D eigenvalue weighted by molar-refractivity contribution is 0.908. The third-order valence-corrected chi connectivity index (χ3v) is 9.53. The van der Waals surface area contributed by atoms with Crippen LogP contribution in [-0.4, -0.2) is 9.55 Å². The quantitative estimate of drug-likeness (QED) is 0.180. The molecule has 2 nitrogen and oxygen atoms in total. The molecule has 1 heterocycles. The van der Waals surface area contributed by atoms with Crippen molar-refractivity contribution in [3.05, 3.63) is 170 Å². The predicted octanol–water partition coefficient (Wildman–Crippen LogP) is 12.0. The fourth-order valence-corrected chi connectivity index (χ4v) is 7.43. The Morgan fingerprint density at radius 2 is 1.13 bits per heavy atom. The van der Waals surface area contributed by atoms with Gasteiger partial charge >= 0.3 is 0 Å². The average Bonchev–Trinajstić information content (AvgIpc) is 3.53. The molecule has 0 radical (unpaired) electrons. The van der Waals surface area contributed by atoms with Crippen LogP contribution in [0.3, 0.4) is 0 Å². The maximum absolute atomic E-state index is 4.99. The van der Waals surface area contributed by atoms with Gasteiger partial charge in [-0.3, -0.25) is 4.57 Å². The van der Waals surface area contributed by atoms with Gasteiger partial charge in [0.15, 0.2) is 0 Å². The molecule has 9 rings (SSSR count). The smallest absolute Gasteiger partial charge is 0.114 e. The SMILES string of the molecule is CCc1nc2ccccc2n1-c1cccc(-c2c3ccccc3c(-c3cccc4ccccc34)c3ccc(-c4ccccc4)cc23)c1. The number of rotatable bonds is 5. The lowest BCUT2D eigenvalue weighted by Gasteiger charge is -2.20. The molecule has 0 aliphatic rings. The van der Waals surface area contributed by atoms with Gasteiger partial charge in [0.25, 0.3) is 0 Å². The van der Waals surface area contributed by atoms with E-state index in [1.54, 1.807) is 0 Å². The first-order valence-corrected chi connectivity index (χ1v) is 16.4. The van der Waals surface area contributed by atoms with Gasteiger partial charge in [-0.1, -0.05) is 140 Å². The van der Waals surface area contributed by atoms with Crippen LogP contribution in [0.2, 0.25) is 0 Å². The van der Waals surface area contributed by atoms with Crippen LogP contribution in [0, 0.1) is 0 Å². The van der Waals surface area contributed by atoms with E-state index in [0.29, 0.717) is 0 Å². The van der Waals surface area contributed by atoms with Gasteiger partial charge in [-0.05, 0) is 96.0 Å². The topological polar surface area (TPSA) is 17.8 Å². The number of fused-ring (bicyclic) bond motifs is 4. The van der Waals surface area contributed by atoms with Crippen molar-refractivity contribution in [1.29, 1.82) is 0 Å². The van der Waals surface area contributed by atoms with Crippen molar-refractivity contribution in [3.8, 4) is 39.1 Å². The molecule has 0 aliphatic heterocycles. The molecule has 0 unspecified atom stereocenters. The molecule has 1 aromatic heterocycles. The van der Waals surface area contributed by atoms with Crippen molar-refractivity contribution in [2.45, 2.75) is 13.3 Å². The second-order valence-corrected chi connectivity index (χ2v) is 12.2. The van der Waals surface area contributed by atoms with E-state index in [9.17, 15) is 0 Å². The number of aryl methyl sites for hydroxylation is 1. The van der Waals surface area contributed by atoms with E-state index >= 15 is 0 Å². The molecule has 0 atom stereocenters. The third-order valence-electron chi connectivity index (χ3n) is 9.53. The minimum absolute atomic E-state index is 0.852. The number of aromatic nitrogens is 2. The molecule has 0 fully saturated rings. The molecule has 0 N–H and O–H groups in total. The molecule has 0 amide bonds. The first kappa shape index (κ1) is 27.3. The molecule has 47 heavy (non-hydrogen) atoms. The van der Waals surface area contributed by atoms with Crippen molar-refractivity contribution in [2.24, 2.45) is 0 Å². The van der Waals surface area contributed by atoms with Crippen LogP contribution in [0.15, 0.2) is 164 Å². The second kappa shape index (κ2) is 11.1. The Labute approximate surface area is 274 Å². The summed E-state index contributed by atoms with van der Waals surface area (Å²) >= 11 is 0. The maximum Gasteiger partial charge on any atom is 0.114 e. The average molecular weight is 601 g/mol. The zero-order valence-electron chi connectivity index (χ0n) is 26.2. The zero-order valence-corrected chi connectivity index (χ0v) is 26.2. The molecule has 9 aromatic rings. The summed E-state index contributed by atoms with van der Waals surface area (Å²) in [6.07, 6.45) is 0.852. The van der Waals surface area contributed by atoms with Gasteiger partial charge in [0, 0.05) is 12.1 Å². The molecule has 0 bridgehead atoms. The summed E-state index contributed by atoms with van der Waals surface area (Å²) in [5.74, 6) is 1.07. The van der Waals surface area contributed by atoms with E-state index < -0.39 is 0 Å². The molecule has 222 valence electrons. The largest absolute Gasteiger partial charge is 0.296 e. The highest BCUT2D eigenvalue weighted by Gasteiger charge is 2.20. The molecule has 0 saturated carbocycles. The van der Waals surface area contributed by atoms with E-state index in [1.165, 1.54) is 65.7 Å². The Hall–Kier alpha value is -5.99. The first-order valence-electron chi connectivity index (χ1n) is 16.4. The third kappa shape index (κ3) is 4.45. The standard InChI is InChI=1S/C45H32N2/c1-2-43-46-41-24-10-11-25-42(41)47(43)34-19-12-18-33(28-34)44-37-21-8-9-22-38(37)45(36-23-13-17-31-16-6-7-20-35(31)36)39-27-26-32(29-40(39)44)30-14-4-3-5-15-30/h3-29H,2H2,1H3. The van der Waals surface area contributed by atoms with Gasteiger partial charge in [-0.15, -0.1) is 0 Å². The Morgan fingerprint density at radius 3 is 1.98 bits per heavy atom. The van der Waals surface area contributed by atoms with Crippen LogP contribution >= 0.6 is 0 Å². The van der Waals surface area contributed by atoms with Crippen LogP contribution in [0.4, 0.5) is 0 Å². The second-order valence-electron chi connectivity index (χ2n) is 12.2. The highest BCUT2D eigenvalue weighted by molar-refractivity contribution is 6.24. The highest BCUT2D eigenvalue weighted by atomic mass is 15.1. The monoisotopic (exact) mass is 600 g/mol. The Balaban J connectivity index is 1.39. The van der Waals surface area contributed by atoms with Gasteiger partial charge in [0.1, 0.15) is 5.82 Å². The van der Waals surface area contributed by atoms with Crippen LogP contribution in [-0.2, 0) is 6.42 Å². The van der Waals surface area contributed by atoms with Gasteiger partial charge in [0.05, 0.1) is 11.0 Å². The Kier molecular flexibility index (Phi) is 6.46. The van der Waals surface area contributed by atoms with Gasteiger partial charge in [0.2, 0.25) is 0 Å². The number of benzene rings is 8. The Bertz CT molecular complexity index is 2600. The van der Waals surface area contributed by atoms with Crippen molar-refractivity contribution < 1.29 is 0 Å². The zero-order chi connectivity index (χ0) is 31.3. The summed E-state index contributed by atoms with van der Waals surface area (Å²) in [7, 11) is 0. The predicted molar refractivity (Wildman–Crippen MR) is 199 cm³/mol. The van der Waals surface area contributed by atoms with Crippen molar-refractivity contribution in [2.75, 3.05) is 0 Å². The van der Waals surface area contributed by atoms with Gasteiger partial charge in [-0.2, -0.15) is 0 Å². The van der Waals surface area contributed by atoms with E-state index in [2.05, 4.69) is 175 Å². The first-order chi connectivity index (χ1) is 23.3. The number of para-hydroxylation sites is 2. The summed E-state index contributed by atoms with van der Waals surface area (Å²) in [5, 5.41) is 7.52. The summed E-state index contributed by atoms with van der Waals surface area (Å²) < 4.78 is 2.32. The molecular formula is C45H32N2. The van der Waals surface area contributed by atoms with Crippen molar-refractivity contribution >= 4 is 43.4 Å². The molecule has 8 aromatic carbocycles. The summed E-state index contributed by atoms with van der Waals surface area (Å²) in [5.41, 5.74) is 10.7. The molecule has 2 heteroatoms. The van der Waals surface area contributed by atoms with Crippen molar-refractivity contribution in [3.63, 3.8) is 0 Å². The molecule has 0 aliphatic carbocycles. The molecule has 0 spiro atoms. The minimum Gasteiger partial charge on any atom is -0.296 e. The van der Waals surface area contributed by atoms with Gasteiger partial charge in [-0.25, -0.2) is 4.98 Å². The fraction of sp³-hybridized carbons (Fsp3) is 0.0444. The number of nitrogens with zero attached hydrogens (tertiary/aromatic N) is 2. The summed E-state index contributed by atoms with van der Waals surface area (Å²) in [6, 6.07) is 59.5. The van der Waals surface area contributed by atoms with E-state index in [1.807, 2.05) is 0 Å². The maximum atomic E-state index is 4.99. The van der Waals surface area contributed by atoms with Gasteiger partial charge < -0.3 is 0 Å². The fourth-order valence-electron chi connectivity index (χ4n) is 7.43. The summed E-state index contributed by atoms with van der Waals surface area (Å²) in [6.45, 7) is 2.18. The molecule has 0 saturated heterocycles. The van der Waals surface area contributed by atoms with E-state index in [4.69, 9.17) is 4.98 Å². The number of imidazole rings is 1. The normalized spacial score (nSPS) is 11.6. The molecular weight excluding hydrogens is 569 g/mol. The van der Waals surface area contributed by atoms with Crippen LogP contribution < -0.4 is 0 Å². The van der Waals surface area contributed by atoms with Crippen molar-refractivity contribution in [1.82, 2.24) is 9.55 Å². The van der Waals surface area contributed by atoms with Crippen LogP contribution in [0.1, 0.15) is 12.7 Å². The van der Waals surface area contributed by atoms with Crippen LogP contribution in [0.5, 0.6) is 0 Å². The van der Waals surface area contributed by atoms with E-state index in [-0.39, 0.29) is 0 Å². The van der Waals surface area contributed by atoms with E-state index in [0.717, 1.165) is 29.0 Å². The number of hydrogen-bond acceptors (Lipinski definition) is 1. The lowest BCUT2D eigenvalue weighted by Crippen LogP contribution is -2.00. The minimum atomic E-state index is 0.852. The Morgan fingerprint density at radius 1 is 0.468 bits per heavy atom. The highest BCUT2D eigenvalue weighted by Crippen LogP contribution is 2.46. The number of hydrogen-bond donors (Lipinski definition) is 0.